The average molecular weight is 398 g/mol. The minimum Gasteiger partial charge on any atom is -0.444 e. The third kappa shape index (κ3) is 7.50. The summed E-state index contributed by atoms with van der Waals surface area (Å²) in [6, 6.07) is 9.04. The molecule has 2 rings (SSSR count). The summed E-state index contributed by atoms with van der Waals surface area (Å²) in [6.45, 7) is 8.47. The summed E-state index contributed by atoms with van der Waals surface area (Å²) in [5.41, 5.74) is 0.181. The zero-order chi connectivity index (χ0) is 20.1. The van der Waals surface area contributed by atoms with Gasteiger partial charge in [-0.15, -0.1) is 0 Å². The molecule has 1 amide bonds. The van der Waals surface area contributed by atoms with Crippen molar-refractivity contribution in [2.24, 2.45) is 5.92 Å². The molecule has 7 heteroatoms. The van der Waals surface area contributed by atoms with Gasteiger partial charge in [0.25, 0.3) is 10.1 Å². The molecule has 0 N–H and O–H groups in total. The predicted octanol–water partition coefficient (Wildman–Crippen LogP) is 3.96. The maximum Gasteiger partial charge on any atom is 0.410 e. The molecule has 1 aliphatic rings. The van der Waals surface area contributed by atoms with E-state index in [1.54, 1.807) is 29.2 Å². The van der Waals surface area contributed by atoms with E-state index in [0.717, 1.165) is 6.42 Å². The maximum absolute atomic E-state index is 12.4. The largest absolute Gasteiger partial charge is 0.444 e. The van der Waals surface area contributed by atoms with Gasteiger partial charge in [0.1, 0.15) is 11.4 Å². The van der Waals surface area contributed by atoms with Gasteiger partial charge in [-0.1, -0.05) is 37.3 Å². The topological polar surface area (TPSA) is 72.9 Å². The number of amides is 1. The van der Waals surface area contributed by atoms with E-state index in [2.05, 4.69) is 6.92 Å². The molecule has 1 fully saturated rings. The average Bonchev–Trinajstić information content (AvgIpc) is 2.91. The molecule has 0 aromatic heterocycles. The van der Waals surface area contributed by atoms with Crippen molar-refractivity contribution in [3.05, 3.63) is 35.9 Å². The van der Waals surface area contributed by atoms with Crippen LogP contribution in [0.15, 0.2) is 30.3 Å². The lowest BCUT2D eigenvalue weighted by atomic mass is 10.0. The highest BCUT2D eigenvalue weighted by Gasteiger charge is 2.35. The van der Waals surface area contributed by atoms with Crippen LogP contribution in [0, 0.1) is 5.92 Å². The molecule has 6 nitrogen and oxygen atoms in total. The van der Waals surface area contributed by atoms with Crippen molar-refractivity contribution in [1.29, 1.82) is 0 Å². The third-order valence-corrected chi connectivity index (χ3v) is 5.60. The van der Waals surface area contributed by atoms with Gasteiger partial charge in [-0.25, -0.2) is 4.79 Å². The van der Waals surface area contributed by atoms with E-state index in [-0.39, 0.29) is 24.5 Å². The van der Waals surface area contributed by atoms with Crippen molar-refractivity contribution in [3.63, 3.8) is 0 Å². The van der Waals surface area contributed by atoms with Gasteiger partial charge in [-0.3, -0.25) is 4.18 Å². The molecule has 0 bridgehead atoms. The molecule has 0 spiro atoms. The van der Waals surface area contributed by atoms with Gasteiger partial charge in [-0.05, 0) is 51.5 Å². The Morgan fingerprint density at radius 2 is 1.89 bits per heavy atom. The lowest BCUT2D eigenvalue weighted by molar-refractivity contribution is 0.0212. The zero-order valence-electron chi connectivity index (χ0n) is 16.7. The molecular formula is C20H31NO5S. The molecular weight excluding hydrogens is 366 g/mol. The fourth-order valence-electron chi connectivity index (χ4n) is 3.29. The number of hydrogen-bond acceptors (Lipinski definition) is 5. The van der Waals surface area contributed by atoms with Crippen LogP contribution in [-0.2, 0) is 24.8 Å². The highest BCUT2D eigenvalue weighted by molar-refractivity contribution is 7.85. The summed E-state index contributed by atoms with van der Waals surface area (Å²) < 4.78 is 34.8. The summed E-state index contributed by atoms with van der Waals surface area (Å²) in [5.74, 6) is 0.281. The van der Waals surface area contributed by atoms with Crippen molar-refractivity contribution in [1.82, 2.24) is 4.90 Å². The first-order valence-corrected chi connectivity index (χ1v) is 11.0. The van der Waals surface area contributed by atoms with Crippen LogP contribution >= 0.6 is 0 Å². The molecule has 1 aromatic rings. The van der Waals surface area contributed by atoms with Crippen molar-refractivity contribution in [3.8, 4) is 0 Å². The smallest absolute Gasteiger partial charge is 0.410 e. The zero-order valence-corrected chi connectivity index (χ0v) is 17.5. The maximum atomic E-state index is 12.4. The summed E-state index contributed by atoms with van der Waals surface area (Å²) in [6.07, 6.45) is 1.87. The number of carbonyl (C=O) groups excluding carboxylic acids is 1. The number of rotatable bonds is 7. The first-order chi connectivity index (χ1) is 12.6. The lowest BCUT2D eigenvalue weighted by Gasteiger charge is -2.28. The monoisotopic (exact) mass is 397 g/mol. The number of nitrogens with zero attached hydrogens (tertiary/aromatic N) is 1. The second kappa shape index (κ2) is 9.06. The Morgan fingerprint density at radius 3 is 2.52 bits per heavy atom. The summed E-state index contributed by atoms with van der Waals surface area (Å²) in [4.78, 5) is 14.2. The number of benzene rings is 1. The van der Waals surface area contributed by atoms with Gasteiger partial charge in [0, 0.05) is 12.6 Å². The second-order valence-corrected chi connectivity index (χ2v) is 9.92. The fraction of sp³-hybridized carbons (Fsp3) is 0.650. The van der Waals surface area contributed by atoms with Crippen LogP contribution in [0.2, 0.25) is 0 Å². The van der Waals surface area contributed by atoms with E-state index >= 15 is 0 Å². The Hall–Kier alpha value is -1.60. The van der Waals surface area contributed by atoms with Crippen LogP contribution in [0.3, 0.4) is 0 Å². The SMILES string of the molecule is C[C@@H]1C[C@@H](CCCOS(=O)(=O)Cc2ccccc2)N(C(=O)OC(C)(C)C)C1. The predicted molar refractivity (Wildman–Crippen MR) is 105 cm³/mol. The van der Waals surface area contributed by atoms with E-state index in [1.807, 2.05) is 26.8 Å². The van der Waals surface area contributed by atoms with Gasteiger partial charge in [0.2, 0.25) is 0 Å². The molecule has 27 heavy (non-hydrogen) atoms. The Bertz CT molecular complexity index is 712. The quantitative estimate of drug-likeness (QED) is 0.514. The standard InChI is InChI=1S/C20H31NO5S/c1-16-13-18(21(14-16)19(22)26-20(2,3)4)11-8-12-25-27(23,24)15-17-9-6-5-7-10-17/h5-7,9-10,16,18H,8,11-15H2,1-4H3/t16-,18-/m1/s1. The van der Waals surface area contributed by atoms with Crippen molar-refractivity contribution >= 4 is 16.2 Å². The minimum atomic E-state index is -3.60. The molecule has 1 aliphatic heterocycles. The van der Waals surface area contributed by atoms with Crippen LogP contribution in [-0.4, -0.2) is 44.2 Å². The summed E-state index contributed by atoms with van der Waals surface area (Å²) >= 11 is 0. The van der Waals surface area contributed by atoms with Gasteiger partial charge in [0.05, 0.1) is 6.61 Å². The highest BCUT2D eigenvalue weighted by Crippen LogP contribution is 2.28. The Morgan fingerprint density at radius 1 is 1.22 bits per heavy atom. The molecule has 1 heterocycles. The van der Waals surface area contributed by atoms with E-state index in [9.17, 15) is 13.2 Å². The Kier molecular flexibility index (Phi) is 7.28. The van der Waals surface area contributed by atoms with E-state index in [1.165, 1.54) is 0 Å². The second-order valence-electron chi connectivity index (χ2n) is 8.28. The van der Waals surface area contributed by atoms with Crippen LogP contribution in [0.4, 0.5) is 4.79 Å². The normalized spacial score (nSPS) is 20.7. The van der Waals surface area contributed by atoms with Gasteiger partial charge >= 0.3 is 6.09 Å². The molecule has 0 saturated carbocycles. The first-order valence-electron chi connectivity index (χ1n) is 9.46. The van der Waals surface area contributed by atoms with Crippen molar-refractivity contribution < 1.29 is 22.1 Å². The van der Waals surface area contributed by atoms with Crippen LogP contribution in [0.5, 0.6) is 0 Å². The minimum absolute atomic E-state index is 0.0651. The number of carbonyl (C=O) groups is 1. The molecule has 2 atom stereocenters. The molecule has 1 aromatic carbocycles. The first kappa shape index (κ1) is 21.7. The molecule has 0 aliphatic carbocycles. The van der Waals surface area contributed by atoms with Crippen LogP contribution in [0.1, 0.15) is 52.5 Å². The summed E-state index contributed by atoms with van der Waals surface area (Å²) in [5, 5.41) is 0. The third-order valence-electron chi connectivity index (χ3n) is 4.38. The Labute approximate surface area is 163 Å². The molecule has 152 valence electrons. The molecule has 1 saturated heterocycles. The van der Waals surface area contributed by atoms with Crippen LogP contribution < -0.4 is 0 Å². The summed E-state index contributed by atoms with van der Waals surface area (Å²) in [7, 11) is -3.60. The fourth-order valence-corrected chi connectivity index (χ4v) is 4.35. The van der Waals surface area contributed by atoms with Gasteiger partial charge < -0.3 is 9.64 Å². The van der Waals surface area contributed by atoms with Crippen molar-refractivity contribution in [2.75, 3.05) is 13.2 Å². The number of likely N-dealkylation sites (tertiary alicyclic amines) is 1. The van der Waals surface area contributed by atoms with E-state index in [4.69, 9.17) is 8.92 Å². The van der Waals surface area contributed by atoms with Gasteiger partial charge in [-0.2, -0.15) is 8.42 Å². The highest BCUT2D eigenvalue weighted by atomic mass is 32.2. The number of ether oxygens (including phenoxy) is 1. The van der Waals surface area contributed by atoms with E-state index < -0.39 is 15.7 Å². The Balaban J connectivity index is 1.80. The molecule has 0 radical (unpaired) electrons. The van der Waals surface area contributed by atoms with E-state index in [0.29, 0.717) is 30.9 Å². The molecule has 0 unspecified atom stereocenters. The number of hydrogen-bond donors (Lipinski definition) is 0. The lowest BCUT2D eigenvalue weighted by Crippen LogP contribution is -2.40. The van der Waals surface area contributed by atoms with Gasteiger partial charge in [0.15, 0.2) is 0 Å². The van der Waals surface area contributed by atoms with Crippen molar-refractivity contribution in [2.45, 2.75) is 64.4 Å². The van der Waals surface area contributed by atoms with Crippen LogP contribution in [0.25, 0.3) is 0 Å².